The van der Waals surface area contributed by atoms with E-state index in [-0.39, 0.29) is 0 Å². The number of piperidine rings is 1. The lowest BCUT2D eigenvalue weighted by Gasteiger charge is -2.36. The molecule has 1 aromatic rings. The molecule has 0 aromatic carbocycles. The molecule has 5 heteroatoms. The first-order valence-corrected chi connectivity index (χ1v) is 5.75. The molecule has 2 aliphatic rings. The van der Waals surface area contributed by atoms with Gasteiger partial charge in [-0.25, -0.2) is 0 Å². The summed E-state index contributed by atoms with van der Waals surface area (Å²) in [4.78, 5) is 2.54. The zero-order chi connectivity index (χ0) is 10.1. The van der Waals surface area contributed by atoms with Crippen molar-refractivity contribution in [2.75, 3.05) is 19.6 Å². The van der Waals surface area contributed by atoms with Crippen LogP contribution in [0, 0.1) is 0 Å². The predicted octanol–water partition coefficient (Wildman–Crippen LogP) is -0.154. The molecule has 3 heterocycles. The van der Waals surface area contributed by atoms with Gasteiger partial charge in [0.25, 0.3) is 0 Å². The topological polar surface area (TPSA) is 46.0 Å². The van der Waals surface area contributed by atoms with E-state index in [0.717, 1.165) is 32.0 Å². The molecule has 1 atom stereocenters. The highest BCUT2D eigenvalue weighted by molar-refractivity contribution is 4.92. The van der Waals surface area contributed by atoms with Crippen LogP contribution in [0.3, 0.4) is 0 Å². The second-order valence-electron chi connectivity index (χ2n) is 4.41. The molecule has 0 aliphatic carbocycles. The van der Waals surface area contributed by atoms with E-state index in [2.05, 4.69) is 25.0 Å². The van der Waals surface area contributed by atoms with Crippen molar-refractivity contribution in [1.29, 1.82) is 0 Å². The zero-order valence-electron chi connectivity index (χ0n) is 8.89. The van der Waals surface area contributed by atoms with Crippen LogP contribution in [0.25, 0.3) is 0 Å². The molecule has 3 rings (SSSR count). The molecule has 1 N–H and O–H groups in total. The molecule has 0 spiro atoms. The molecule has 0 bridgehead atoms. The minimum atomic E-state index is 0.698. The van der Waals surface area contributed by atoms with Crippen LogP contribution in [0.2, 0.25) is 0 Å². The fourth-order valence-corrected chi connectivity index (χ4v) is 2.54. The summed E-state index contributed by atoms with van der Waals surface area (Å²) in [5, 5.41) is 11.6. The van der Waals surface area contributed by atoms with Gasteiger partial charge in [-0.2, -0.15) is 0 Å². The predicted molar refractivity (Wildman–Crippen MR) is 56.3 cm³/mol. The summed E-state index contributed by atoms with van der Waals surface area (Å²) in [7, 11) is 0. The largest absolute Gasteiger partial charge is 0.315 e. The number of nitrogens with zero attached hydrogens (tertiary/aromatic N) is 4. The van der Waals surface area contributed by atoms with E-state index in [1.54, 1.807) is 0 Å². The monoisotopic (exact) mass is 207 g/mol. The summed E-state index contributed by atoms with van der Waals surface area (Å²) >= 11 is 0. The zero-order valence-corrected chi connectivity index (χ0v) is 8.89. The van der Waals surface area contributed by atoms with Crippen molar-refractivity contribution in [2.45, 2.75) is 32.0 Å². The van der Waals surface area contributed by atoms with E-state index in [4.69, 9.17) is 0 Å². The summed E-state index contributed by atoms with van der Waals surface area (Å²) in [6.07, 6.45) is 4.46. The molecule has 82 valence electrons. The van der Waals surface area contributed by atoms with Gasteiger partial charge in [-0.05, 0) is 19.4 Å². The Balaban J connectivity index is 1.69. The maximum Gasteiger partial charge on any atom is 0.147 e. The average molecular weight is 207 g/mol. The van der Waals surface area contributed by atoms with Gasteiger partial charge in [-0.1, -0.05) is 0 Å². The highest BCUT2D eigenvalue weighted by atomic mass is 15.3. The van der Waals surface area contributed by atoms with Gasteiger partial charge in [0.05, 0.1) is 6.54 Å². The van der Waals surface area contributed by atoms with Crippen molar-refractivity contribution in [1.82, 2.24) is 25.0 Å². The molecular formula is C10H17N5. The van der Waals surface area contributed by atoms with Crippen molar-refractivity contribution < 1.29 is 0 Å². The summed E-state index contributed by atoms with van der Waals surface area (Å²) in [6, 6.07) is 0.698. The smallest absolute Gasteiger partial charge is 0.147 e. The van der Waals surface area contributed by atoms with Crippen molar-refractivity contribution >= 4 is 0 Å². The van der Waals surface area contributed by atoms with Gasteiger partial charge in [0.1, 0.15) is 12.2 Å². The van der Waals surface area contributed by atoms with E-state index in [1.807, 2.05) is 6.33 Å². The first-order chi connectivity index (χ1) is 7.43. The molecule has 0 saturated carbocycles. The average Bonchev–Trinajstić information content (AvgIpc) is 2.77. The van der Waals surface area contributed by atoms with Gasteiger partial charge in [-0.3, -0.25) is 4.90 Å². The number of nitrogens with one attached hydrogen (secondary N) is 1. The van der Waals surface area contributed by atoms with Crippen molar-refractivity contribution in [3.8, 4) is 0 Å². The number of fused-ring (bicyclic) bond motifs is 1. The third-order valence-corrected chi connectivity index (χ3v) is 3.46. The Morgan fingerprint density at radius 2 is 2.40 bits per heavy atom. The van der Waals surface area contributed by atoms with Crippen molar-refractivity contribution in [3.63, 3.8) is 0 Å². The molecule has 15 heavy (non-hydrogen) atoms. The molecule has 1 aromatic heterocycles. The quantitative estimate of drug-likeness (QED) is 0.695. The van der Waals surface area contributed by atoms with E-state index >= 15 is 0 Å². The third kappa shape index (κ3) is 1.77. The summed E-state index contributed by atoms with van der Waals surface area (Å²) < 4.78 is 2.16. The lowest BCUT2D eigenvalue weighted by Crippen LogP contribution is -2.48. The molecule has 0 amide bonds. The first kappa shape index (κ1) is 9.30. The van der Waals surface area contributed by atoms with Gasteiger partial charge >= 0.3 is 0 Å². The van der Waals surface area contributed by atoms with Crippen LogP contribution in [-0.2, 0) is 13.1 Å². The molecule has 2 aliphatic heterocycles. The third-order valence-electron chi connectivity index (χ3n) is 3.46. The maximum absolute atomic E-state index is 4.15. The minimum absolute atomic E-state index is 0.698. The number of rotatable bonds is 1. The van der Waals surface area contributed by atoms with Crippen LogP contribution in [0.5, 0.6) is 0 Å². The number of hydrogen-bond acceptors (Lipinski definition) is 4. The van der Waals surface area contributed by atoms with Crippen molar-refractivity contribution in [3.05, 3.63) is 12.2 Å². The molecule has 1 saturated heterocycles. The van der Waals surface area contributed by atoms with Crippen LogP contribution in [-0.4, -0.2) is 45.3 Å². The molecule has 1 fully saturated rings. The highest BCUT2D eigenvalue weighted by Gasteiger charge is 2.25. The molecule has 0 radical (unpaired) electrons. The van der Waals surface area contributed by atoms with Crippen LogP contribution in [0.1, 0.15) is 18.7 Å². The van der Waals surface area contributed by atoms with Gasteiger partial charge in [0.15, 0.2) is 0 Å². The van der Waals surface area contributed by atoms with E-state index in [0.29, 0.717) is 6.04 Å². The molecular weight excluding hydrogens is 190 g/mol. The Morgan fingerprint density at radius 1 is 1.40 bits per heavy atom. The fourth-order valence-electron chi connectivity index (χ4n) is 2.54. The SMILES string of the molecule is c1nnc2n1CCN(C1CCCNC1)C2. The van der Waals surface area contributed by atoms with E-state index in [1.165, 1.54) is 19.4 Å². The van der Waals surface area contributed by atoms with Crippen LogP contribution in [0.15, 0.2) is 6.33 Å². The summed E-state index contributed by atoms with van der Waals surface area (Å²) in [6.45, 7) is 5.46. The Kier molecular flexibility index (Phi) is 2.42. The summed E-state index contributed by atoms with van der Waals surface area (Å²) in [5.41, 5.74) is 0. The van der Waals surface area contributed by atoms with E-state index < -0.39 is 0 Å². The first-order valence-electron chi connectivity index (χ1n) is 5.75. The van der Waals surface area contributed by atoms with Crippen molar-refractivity contribution in [2.24, 2.45) is 0 Å². The Bertz CT molecular complexity index is 328. The fraction of sp³-hybridized carbons (Fsp3) is 0.800. The minimum Gasteiger partial charge on any atom is -0.315 e. The Hall–Kier alpha value is -0.940. The maximum atomic E-state index is 4.15. The lowest BCUT2D eigenvalue weighted by molar-refractivity contribution is 0.129. The molecule has 1 unspecified atom stereocenters. The van der Waals surface area contributed by atoms with Gasteiger partial charge in [0.2, 0.25) is 0 Å². The summed E-state index contributed by atoms with van der Waals surface area (Å²) in [5.74, 6) is 1.12. The molecule has 5 nitrogen and oxygen atoms in total. The standard InChI is InChI=1S/C10H17N5/c1-2-9(6-11-3-1)14-4-5-15-8-12-13-10(15)7-14/h8-9,11H,1-7H2. The highest BCUT2D eigenvalue weighted by Crippen LogP contribution is 2.16. The van der Waals surface area contributed by atoms with Gasteiger partial charge in [0, 0.05) is 25.7 Å². The van der Waals surface area contributed by atoms with Crippen LogP contribution in [0.4, 0.5) is 0 Å². The second-order valence-corrected chi connectivity index (χ2v) is 4.41. The van der Waals surface area contributed by atoms with Crippen LogP contribution < -0.4 is 5.32 Å². The lowest BCUT2D eigenvalue weighted by atomic mass is 10.1. The van der Waals surface area contributed by atoms with Gasteiger partial charge < -0.3 is 9.88 Å². The Morgan fingerprint density at radius 3 is 3.27 bits per heavy atom. The number of aromatic nitrogens is 3. The normalized spacial score (nSPS) is 27.6. The Labute approximate surface area is 89.5 Å². The van der Waals surface area contributed by atoms with Gasteiger partial charge in [-0.15, -0.1) is 10.2 Å². The van der Waals surface area contributed by atoms with Crippen LogP contribution >= 0.6 is 0 Å². The number of hydrogen-bond donors (Lipinski definition) is 1. The second kappa shape index (κ2) is 3.90. The van der Waals surface area contributed by atoms with E-state index in [9.17, 15) is 0 Å².